The first kappa shape index (κ1) is 61.2. The van der Waals surface area contributed by atoms with E-state index in [1.807, 2.05) is 0 Å². The molecule has 8 nitrogen and oxygen atoms in total. The van der Waals surface area contributed by atoms with Crippen molar-refractivity contribution >= 4 is 22.3 Å². The molecule has 8 aromatic rings. The zero-order valence-corrected chi connectivity index (χ0v) is 55.0. The fraction of sp³-hybridized carbons (Fsp3) is 0.421. The number of phenolic OH excluding ortho intramolecular Hbond substituents is 4. The number of fused-ring (bicyclic) bond motifs is 8. The molecule has 1 aliphatic heterocycles. The van der Waals surface area contributed by atoms with Crippen LogP contribution in [0.3, 0.4) is 0 Å². The summed E-state index contributed by atoms with van der Waals surface area (Å²) < 4.78 is 0. The lowest BCUT2D eigenvalue weighted by atomic mass is 9.77. The average Bonchev–Trinajstić information content (AvgIpc) is 2.61. The van der Waals surface area contributed by atoms with Crippen molar-refractivity contribution < 1.29 is 20.4 Å². The van der Waals surface area contributed by atoms with Crippen LogP contribution in [0.15, 0.2) is 97.1 Å². The van der Waals surface area contributed by atoms with Crippen molar-refractivity contribution in [2.45, 2.75) is 209 Å². The summed E-state index contributed by atoms with van der Waals surface area (Å²) in [5.41, 5.74) is 14.6. The molecule has 0 fully saturated rings. The van der Waals surface area contributed by atoms with Gasteiger partial charge in [-0.05, 0) is 163 Å². The Morgan fingerprint density at radius 1 is 0.214 bits per heavy atom. The maximum absolute atomic E-state index is 12.2. The third kappa shape index (κ3) is 11.4. The summed E-state index contributed by atoms with van der Waals surface area (Å²) in [6.07, 6.45) is 0. The van der Waals surface area contributed by atoms with Gasteiger partial charge in [0.05, 0.1) is 0 Å². The van der Waals surface area contributed by atoms with E-state index in [4.69, 9.17) is 0 Å². The van der Waals surface area contributed by atoms with E-state index in [-0.39, 0.29) is 0 Å². The SMILES string of the molecule is CC(C)(C)c1cc(C2=c3ccc([nH]3)=C(c3cc(C(C)(C)C)c(O)c(C(C)(C)C)c3)c3ccc([nH]3)C(c3cc(C(C)(C)C)c(O)c(C(C)(C)C)c3)=c3ccc([nH]3)=C(c3cc(C(C)(C)C)c(O)c(C(C)(C)C)c3)c3ccc2[nH]3)cc(C(C)(C)C)c1O. The van der Waals surface area contributed by atoms with Crippen molar-refractivity contribution in [3.8, 4) is 23.0 Å². The van der Waals surface area contributed by atoms with Crippen molar-refractivity contribution in [2.24, 2.45) is 0 Å². The number of H-pyrrole nitrogens is 4. The van der Waals surface area contributed by atoms with Crippen LogP contribution in [-0.2, 0) is 43.3 Å². The van der Waals surface area contributed by atoms with Crippen LogP contribution in [0.2, 0.25) is 0 Å². The highest BCUT2D eigenvalue weighted by atomic mass is 16.3. The molecule has 0 saturated heterocycles. The molecule has 8 heteroatoms. The summed E-state index contributed by atoms with van der Waals surface area (Å²) >= 11 is 0. The molecule has 444 valence electrons. The average molecular weight is 1130 g/mol. The first-order chi connectivity index (χ1) is 38.3. The standard InChI is InChI=1S/C76H96N4O4/c1-69(2,3)45-33-41(34-46(65(45)81)70(4,5)6)61-53-25-27-55(77-53)62(42-35-47(71(7,8)9)66(82)48(36-42)72(10,11)12)57-29-31-59(79-57)64(44-39-51(75(19,20)21)68(84)52(40-44)76(22,23)24)60-32-30-58(80-60)63(56-28-26-54(61)78-56)43-37-49(73(13,14)15)67(83)50(38-43)74(16,17)18/h25-40,77-84H,1-24H3. The summed E-state index contributed by atoms with van der Waals surface area (Å²) in [4.78, 5) is 16.1. The zero-order chi connectivity index (χ0) is 62.3. The molecule has 1 aliphatic rings. The Morgan fingerprint density at radius 2 is 0.357 bits per heavy atom. The summed E-state index contributed by atoms with van der Waals surface area (Å²) in [7, 11) is 0. The van der Waals surface area contributed by atoms with Crippen molar-refractivity contribution in [1.29, 1.82) is 0 Å². The molecule has 0 spiro atoms. The van der Waals surface area contributed by atoms with Gasteiger partial charge in [0.2, 0.25) is 0 Å². The number of hydrogen-bond donors (Lipinski definition) is 8. The molecule has 8 bridgehead atoms. The predicted octanol–water partition coefficient (Wildman–Crippen LogP) is 15.5. The van der Waals surface area contributed by atoms with E-state index in [0.29, 0.717) is 23.0 Å². The zero-order valence-electron chi connectivity index (χ0n) is 55.0. The van der Waals surface area contributed by atoms with Crippen LogP contribution in [0, 0.1) is 0 Å². The molecule has 0 aliphatic carbocycles. The highest BCUT2D eigenvalue weighted by Crippen LogP contribution is 2.47. The molecular formula is C76H96N4O4. The second-order valence-corrected chi connectivity index (χ2v) is 32.3. The van der Waals surface area contributed by atoms with Crippen molar-refractivity contribution in [3.05, 3.63) is 208 Å². The van der Waals surface area contributed by atoms with Gasteiger partial charge < -0.3 is 40.4 Å². The van der Waals surface area contributed by atoms with Crippen LogP contribution in [0.1, 0.15) is 256 Å². The molecule has 8 N–H and O–H groups in total. The van der Waals surface area contributed by atoms with Gasteiger partial charge in [-0.15, -0.1) is 0 Å². The maximum atomic E-state index is 12.2. The summed E-state index contributed by atoms with van der Waals surface area (Å²) in [5.74, 6) is 1.24. The van der Waals surface area contributed by atoms with Crippen molar-refractivity contribution in [2.75, 3.05) is 0 Å². The van der Waals surface area contributed by atoms with E-state index in [2.05, 4.69) is 283 Å². The quantitative estimate of drug-likeness (QED) is 0.0888. The minimum Gasteiger partial charge on any atom is -0.507 e. The first-order valence-electron chi connectivity index (χ1n) is 30.2. The number of benzene rings is 4. The smallest absolute Gasteiger partial charge is 0.123 e. The summed E-state index contributed by atoms with van der Waals surface area (Å²) in [5, 5.41) is 52.4. The largest absolute Gasteiger partial charge is 0.507 e. The minimum absolute atomic E-state index is 0.309. The van der Waals surface area contributed by atoms with Crippen molar-refractivity contribution in [1.82, 2.24) is 19.9 Å². The molecule has 0 amide bonds. The van der Waals surface area contributed by atoms with Gasteiger partial charge >= 0.3 is 0 Å². The Hall–Kier alpha value is -7.32. The Labute approximate surface area is 500 Å². The Balaban J connectivity index is 1.56. The van der Waals surface area contributed by atoms with Gasteiger partial charge in [0.15, 0.2) is 0 Å². The summed E-state index contributed by atoms with van der Waals surface area (Å²) in [6.45, 7) is 51.7. The molecular weight excluding hydrogens is 1030 g/mol. The minimum atomic E-state index is -0.402. The van der Waals surface area contributed by atoms with Crippen LogP contribution >= 0.6 is 0 Å². The van der Waals surface area contributed by atoms with E-state index in [1.54, 1.807) is 0 Å². The molecule has 0 atom stereocenters. The molecule has 9 rings (SSSR count). The molecule has 5 heterocycles. The van der Waals surface area contributed by atoms with Gasteiger partial charge in [0.1, 0.15) is 23.0 Å². The lowest BCUT2D eigenvalue weighted by Gasteiger charge is -2.29. The Kier molecular flexibility index (Phi) is 14.7. The molecule has 0 radical (unpaired) electrons. The number of aromatic hydroxyl groups is 4. The predicted molar refractivity (Wildman–Crippen MR) is 350 cm³/mol. The number of aromatic amines is 4. The van der Waals surface area contributed by atoms with E-state index in [9.17, 15) is 20.4 Å². The molecule has 0 unspecified atom stereocenters. The van der Waals surface area contributed by atoms with Gasteiger partial charge in [-0.1, -0.05) is 166 Å². The molecule has 4 aromatic heterocycles. The second-order valence-electron chi connectivity index (χ2n) is 32.3. The summed E-state index contributed by atoms with van der Waals surface area (Å²) in [6, 6.07) is 34.7. The number of nitrogens with one attached hydrogen (secondary N) is 4. The van der Waals surface area contributed by atoms with Crippen molar-refractivity contribution in [3.63, 3.8) is 0 Å². The maximum Gasteiger partial charge on any atom is 0.123 e. The van der Waals surface area contributed by atoms with Crippen LogP contribution < -0.4 is 21.4 Å². The first-order valence-corrected chi connectivity index (χ1v) is 30.2. The van der Waals surface area contributed by atoms with E-state index in [1.165, 1.54) is 0 Å². The fourth-order valence-electron chi connectivity index (χ4n) is 12.3. The van der Waals surface area contributed by atoms with Gasteiger partial charge in [-0.25, -0.2) is 0 Å². The highest BCUT2D eigenvalue weighted by molar-refractivity contribution is 5.87. The lowest BCUT2D eigenvalue weighted by molar-refractivity contribution is 0.422. The van der Waals surface area contributed by atoms with Crippen LogP contribution in [0.25, 0.3) is 22.3 Å². The number of phenols is 4. The van der Waals surface area contributed by atoms with E-state index >= 15 is 0 Å². The third-order valence-corrected chi connectivity index (χ3v) is 17.0. The number of rotatable bonds is 4. The molecule has 0 saturated carbocycles. The van der Waals surface area contributed by atoms with Crippen LogP contribution in [0.4, 0.5) is 0 Å². The number of hydrogen-bond acceptors (Lipinski definition) is 4. The molecule has 84 heavy (non-hydrogen) atoms. The monoisotopic (exact) mass is 1130 g/mol. The fourth-order valence-corrected chi connectivity index (χ4v) is 12.3. The third-order valence-electron chi connectivity index (χ3n) is 17.0. The van der Waals surface area contributed by atoms with Gasteiger partial charge in [-0.2, -0.15) is 0 Å². The van der Waals surface area contributed by atoms with E-state index in [0.717, 1.165) is 133 Å². The van der Waals surface area contributed by atoms with E-state index < -0.39 is 43.3 Å². The van der Waals surface area contributed by atoms with Gasteiger partial charge in [-0.3, -0.25) is 0 Å². The van der Waals surface area contributed by atoms with Crippen LogP contribution in [-0.4, -0.2) is 40.4 Å². The van der Waals surface area contributed by atoms with Gasteiger partial charge in [0, 0.05) is 111 Å². The Morgan fingerprint density at radius 3 is 0.488 bits per heavy atom. The topological polar surface area (TPSA) is 144 Å². The molecule has 4 aromatic carbocycles. The second kappa shape index (κ2) is 20.2. The number of aromatic nitrogens is 4. The Bertz CT molecular complexity index is 3500. The van der Waals surface area contributed by atoms with Crippen LogP contribution in [0.5, 0.6) is 23.0 Å². The normalized spacial score (nSPS) is 14.3. The highest BCUT2D eigenvalue weighted by Gasteiger charge is 2.34. The van der Waals surface area contributed by atoms with Gasteiger partial charge in [0.25, 0.3) is 0 Å². The lowest BCUT2D eigenvalue weighted by Crippen LogP contribution is -2.22.